The molecule has 1 aromatic heterocycles. The molecule has 1 rings (SSSR count). The van der Waals surface area contributed by atoms with Gasteiger partial charge in [-0.15, -0.1) is 0 Å². The summed E-state index contributed by atoms with van der Waals surface area (Å²) in [5.74, 6) is -0.141. The number of hydrogen-bond donors (Lipinski definition) is 0. The molecule has 7 heteroatoms. The summed E-state index contributed by atoms with van der Waals surface area (Å²) >= 11 is 1.92. The van der Waals surface area contributed by atoms with Gasteiger partial charge in [-0.25, -0.2) is 4.98 Å². The number of nitrogens with zero attached hydrogens (tertiary/aromatic N) is 1. The molecule has 0 amide bonds. The highest BCUT2D eigenvalue weighted by molar-refractivity contribution is 14.1. The average molecular weight is 303 g/mol. The monoisotopic (exact) mass is 303 g/mol. The van der Waals surface area contributed by atoms with Crippen LogP contribution in [0.5, 0.6) is 5.75 Å². The van der Waals surface area contributed by atoms with Crippen molar-refractivity contribution in [3.8, 4) is 5.75 Å². The first kappa shape index (κ1) is 9.65. The van der Waals surface area contributed by atoms with E-state index in [2.05, 4.69) is 9.17 Å². The van der Waals surface area contributed by atoms with E-state index in [-0.39, 0.29) is 5.75 Å². The first-order valence-corrected chi connectivity index (χ1v) is 5.12. The van der Waals surface area contributed by atoms with E-state index in [1.54, 1.807) is 0 Å². The van der Waals surface area contributed by atoms with Crippen molar-refractivity contribution in [2.45, 2.75) is 0 Å². The molecule has 0 bridgehead atoms. The van der Waals surface area contributed by atoms with Crippen LogP contribution in [-0.4, -0.2) is 13.4 Å². The van der Waals surface area contributed by atoms with Gasteiger partial charge in [0.25, 0.3) is 0 Å². The molecule has 1 heterocycles. The topological polar surface area (TPSA) is 56.3 Å². The van der Waals surface area contributed by atoms with Gasteiger partial charge in [0.05, 0.1) is 6.20 Å². The van der Waals surface area contributed by atoms with E-state index in [1.807, 2.05) is 22.6 Å². The van der Waals surface area contributed by atoms with E-state index in [0.29, 0.717) is 3.70 Å². The summed E-state index contributed by atoms with van der Waals surface area (Å²) in [7, 11) is -4.93. The Morgan fingerprint density at radius 1 is 1.50 bits per heavy atom. The smallest absolute Gasteiger partial charge is 0.357 e. The zero-order chi connectivity index (χ0) is 9.19. The minimum absolute atomic E-state index is 0.141. The van der Waals surface area contributed by atoms with Gasteiger partial charge < -0.3 is 4.18 Å². The van der Waals surface area contributed by atoms with Gasteiger partial charge in [0.2, 0.25) is 0 Å². The third-order valence-corrected chi connectivity index (χ3v) is 1.93. The van der Waals surface area contributed by atoms with E-state index >= 15 is 0 Å². The van der Waals surface area contributed by atoms with E-state index < -0.39 is 10.5 Å². The molecule has 4 nitrogen and oxygen atoms in total. The van der Waals surface area contributed by atoms with Gasteiger partial charge in [0, 0.05) is 0 Å². The lowest BCUT2D eigenvalue weighted by atomic mass is 10.5. The lowest BCUT2D eigenvalue weighted by molar-refractivity contribution is 0.439. The molecule has 12 heavy (non-hydrogen) atoms. The fourth-order valence-electron chi connectivity index (χ4n) is 0.526. The van der Waals surface area contributed by atoms with Crippen molar-refractivity contribution in [2.24, 2.45) is 0 Å². The maximum Gasteiger partial charge on any atom is 0.488 e. The van der Waals surface area contributed by atoms with Gasteiger partial charge >= 0.3 is 10.5 Å². The molecule has 0 atom stereocenters. The van der Waals surface area contributed by atoms with Gasteiger partial charge in [-0.1, -0.05) is 3.89 Å². The van der Waals surface area contributed by atoms with Crippen LogP contribution in [0.25, 0.3) is 0 Å². The lowest BCUT2D eigenvalue weighted by Crippen LogP contribution is -2.01. The molecule has 0 aliphatic heterocycles. The second-order valence-corrected chi connectivity index (χ2v) is 3.85. The number of halogens is 2. The van der Waals surface area contributed by atoms with Crippen LogP contribution in [0, 0.1) is 3.70 Å². The van der Waals surface area contributed by atoms with Crippen LogP contribution in [0.3, 0.4) is 0 Å². The largest absolute Gasteiger partial charge is 0.488 e. The van der Waals surface area contributed by atoms with Crippen LogP contribution < -0.4 is 4.18 Å². The molecule has 0 saturated carbocycles. The Hall–Kier alpha value is -0.440. The van der Waals surface area contributed by atoms with Gasteiger partial charge in [-0.3, -0.25) is 0 Å². The third kappa shape index (κ3) is 3.30. The Labute approximate surface area is 82.3 Å². The average Bonchev–Trinajstić information content (AvgIpc) is 1.91. The molecule has 0 aromatic carbocycles. The maximum atomic E-state index is 11.9. The van der Waals surface area contributed by atoms with E-state index in [9.17, 15) is 12.3 Å². The Balaban J connectivity index is 2.85. The number of aromatic nitrogens is 1. The number of hydrogen-bond acceptors (Lipinski definition) is 4. The van der Waals surface area contributed by atoms with Crippen LogP contribution in [0.1, 0.15) is 0 Å². The molecule has 0 unspecified atom stereocenters. The fraction of sp³-hybridized carbons (Fsp3) is 0. The standard InChI is InChI=1S/C5H3FINO3S/c6-12(9,10)11-4-1-2-5(7)8-3-4/h1-3H. The molecule has 66 valence electrons. The SMILES string of the molecule is O=S(=O)(F)Oc1ccc(I)nc1. The van der Waals surface area contributed by atoms with Crippen molar-refractivity contribution in [3.05, 3.63) is 22.0 Å². The molecule has 1 aromatic rings. The zero-order valence-electron chi connectivity index (χ0n) is 5.57. The molecule has 0 aliphatic carbocycles. The summed E-state index contributed by atoms with van der Waals surface area (Å²) in [6.45, 7) is 0. The Bertz CT molecular complexity index is 363. The second-order valence-electron chi connectivity index (χ2n) is 1.79. The second kappa shape index (κ2) is 3.52. The lowest BCUT2D eigenvalue weighted by Gasteiger charge is -1.97. The van der Waals surface area contributed by atoms with Crippen molar-refractivity contribution in [3.63, 3.8) is 0 Å². The van der Waals surface area contributed by atoms with Crippen LogP contribution in [0.15, 0.2) is 18.3 Å². The zero-order valence-corrected chi connectivity index (χ0v) is 8.54. The van der Waals surface area contributed by atoms with Crippen LogP contribution >= 0.6 is 22.6 Å². The van der Waals surface area contributed by atoms with Crippen molar-refractivity contribution in [1.82, 2.24) is 4.98 Å². The molecule has 0 radical (unpaired) electrons. The Morgan fingerprint density at radius 3 is 2.58 bits per heavy atom. The van der Waals surface area contributed by atoms with Crippen molar-refractivity contribution in [2.75, 3.05) is 0 Å². The number of pyridine rings is 1. The number of rotatable bonds is 2. The predicted octanol–water partition coefficient (Wildman–Crippen LogP) is 1.28. The molecule has 0 spiro atoms. The highest BCUT2D eigenvalue weighted by atomic mass is 127. The fourth-order valence-corrected chi connectivity index (χ4v) is 1.17. The predicted molar refractivity (Wildman–Crippen MR) is 47.6 cm³/mol. The molecular formula is C5H3FINO3S. The van der Waals surface area contributed by atoms with Crippen molar-refractivity contribution in [1.29, 1.82) is 0 Å². The minimum Gasteiger partial charge on any atom is -0.357 e. The van der Waals surface area contributed by atoms with Crippen molar-refractivity contribution >= 4 is 33.1 Å². The van der Waals surface area contributed by atoms with Gasteiger partial charge in [0.1, 0.15) is 3.70 Å². The quantitative estimate of drug-likeness (QED) is 0.469. The van der Waals surface area contributed by atoms with Gasteiger partial charge in [-0.05, 0) is 34.7 Å². The van der Waals surface area contributed by atoms with Crippen molar-refractivity contribution < 1.29 is 16.5 Å². The molecule has 0 aliphatic rings. The summed E-state index contributed by atoms with van der Waals surface area (Å²) in [5.41, 5.74) is 0. The summed E-state index contributed by atoms with van der Waals surface area (Å²) in [4.78, 5) is 3.69. The Morgan fingerprint density at radius 2 is 2.17 bits per heavy atom. The highest BCUT2D eigenvalue weighted by Crippen LogP contribution is 2.12. The summed E-state index contributed by atoms with van der Waals surface area (Å²) < 4.78 is 36.4. The first-order chi connectivity index (χ1) is 5.47. The van der Waals surface area contributed by atoms with Gasteiger partial charge in [-0.2, -0.15) is 8.42 Å². The van der Waals surface area contributed by atoms with E-state index in [1.165, 1.54) is 12.1 Å². The first-order valence-electron chi connectivity index (χ1n) is 2.73. The maximum absolute atomic E-state index is 11.9. The highest BCUT2D eigenvalue weighted by Gasteiger charge is 2.08. The summed E-state index contributed by atoms with van der Waals surface area (Å²) in [6.07, 6.45) is 1.12. The minimum atomic E-state index is -4.93. The summed E-state index contributed by atoms with van der Waals surface area (Å²) in [6, 6.07) is 2.81. The van der Waals surface area contributed by atoms with E-state index in [4.69, 9.17) is 0 Å². The molecule has 0 saturated heterocycles. The summed E-state index contributed by atoms with van der Waals surface area (Å²) in [5, 5.41) is 0. The van der Waals surface area contributed by atoms with Crippen LogP contribution in [0.2, 0.25) is 0 Å². The third-order valence-electron chi connectivity index (χ3n) is 0.896. The normalized spacial score (nSPS) is 11.2. The molecular weight excluding hydrogens is 300 g/mol. The van der Waals surface area contributed by atoms with Crippen LogP contribution in [0.4, 0.5) is 3.89 Å². The molecule has 0 fully saturated rings. The Kier molecular flexibility index (Phi) is 2.83. The van der Waals surface area contributed by atoms with E-state index in [0.717, 1.165) is 6.20 Å². The molecule has 0 N–H and O–H groups in total. The van der Waals surface area contributed by atoms with Gasteiger partial charge in [0.15, 0.2) is 5.75 Å². The van der Waals surface area contributed by atoms with Crippen LogP contribution in [-0.2, 0) is 10.5 Å².